The molecule has 0 bridgehead atoms. The number of alkyl halides is 2. The number of nitrogens with one attached hydrogen (secondary N) is 1. The van der Waals surface area contributed by atoms with Crippen molar-refractivity contribution >= 4 is 11.8 Å². The topological polar surface area (TPSA) is 49.4 Å². The van der Waals surface area contributed by atoms with Gasteiger partial charge in [0.25, 0.3) is 6.43 Å². The van der Waals surface area contributed by atoms with Gasteiger partial charge in [0.15, 0.2) is 0 Å². The highest BCUT2D eigenvalue weighted by Crippen LogP contribution is 2.36. The number of rotatable bonds is 2. The Morgan fingerprint density at radius 2 is 1.88 bits per heavy atom. The van der Waals surface area contributed by atoms with E-state index in [-0.39, 0.29) is 12.5 Å². The Kier molecular flexibility index (Phi) is 3.31. The molecular formula is C11H16F2N2O2. The third-order valence-corrected chi connectivity index (χ3v) is 3.64. The van der Waals surface area contributed by atoms with E-state index >= 15 is 0 Å². The van der Waals surface area contributed by atoms with Crippen molar-refractivity contribution in [2.75, 3.05) is 13.1 Å². The van der Waals surface area contributed by atoms with Crippen LogP contribution >= 0.6 is 0 Å². The summed E-state index contributed by atoms with van der Waals surface area (Å²) >= 11 is 0. The zero-order valence-corrected chi connectivity index (χ0v) is 9.55. The van der Waals surface area contributed by atoms with Crippen LogP contribution in [-0.4, -0.2) is 41.8 Å². The van der Waals surface area contributed by atoms with Gasteiger partial charge in [0.05, 0.1) is 13.1 Å². The minimum Gasteiger partial charge on any atom is -0.345 e. The number of halogens is 2. The quantitative estimate of drug-likeness (QED) is 0.787. The Hall–Kier alpha value is -1.20. The van der Waals surface area contributed by atoms with E-state index in [4.69, 9.17) is 0 Å². The molecule has 1 spiro atoms. The zero-order chi connectivity index (χ0) is 12.5. The van der Waals surface area contributed by atoms with Crippen LogP contribution < -0.4 is 5.32 Å². The molecule has 4 nitrogen and oxygen atoms in total. The molecule has 1 saturated carbocycles. The third kappa shape index (κ3) is 2.12. The molecule has 1 saturated heterocycles. The summed E-state index contributed by atoms with van der Waals surface area (Å²) in [6, 6.07) is 0. The molecule has 0 aromatic heterocycles. The molecule has 0 radical (unpaired) electrons. The Morgan fingerprint density at radius 3 is 2.47 bits per heavy atom. The first-order valence-electron chi connectivity index (χ1n) is 5.93. The predicted molar refractivity (Wildman–Crippen MR) is 56.5 cm³/mol. The van der Waals surface area contributed by atoms with Gasteiger partial charge >= 0.3 is 0 Å². The van der Waals surface area contributed by atoms with Gasteiger partial charge in [-0.3, -0.25) is 9.59 Å². The number of hydrogen-bond acceptors (Lipinski definition) is 2. The van der Waals surface area contributed by atoms with Gasteiger partial charge in [-0.1, -0.05) is 19.3 Å². The summed E-state index contributed by atoms with van der Waals surface area (Å²) in [5.41, 5.74) is -1.01. The third-order valence-electron chi connectivity index (χ3n) is 3.64. The molecule has 1 heterocycles. The van der Waals surface area contributed by atoms with Crippen molar-refractivity contribution in [2.45, 2.75) is 44.1 Å². The van der Waals surface area contributed by atoms with Crippen molar-refractivity contribution in [3.63, 3.8) is 0 Å². The Morgan fingerprint density at radius 1 is 1.24 bits per heavy atom. The van der Waals surface area contributed by atoms with Crippen LogP contribution in [0.2, 0.25) is 0 Å². The molecular weight excluding hydrogens is 230 g/mol. The van der Waals surface area contributed by atoms with Crippen LogP contribution in [-0.2, 0) is 9.59 Å². The second-order valence-corrected chi connectivity index (χ2v) is 4.67. The van der Waals surface area contributed by atoms with Crippen LogP contribution in [0.1, 0.15) is 32.1 Å². The smallest absolute Gasteiger partial charge is 0.255 e. The largest absolute Gasteiger partial charge is 0.345 e. The van der Waals surface area contributed by atoms with E-state index in [1.807, 2.05) is 0 Å². The Labute approximate surface area is 98.3 Å². The Balaban J connectivity index is 2.26. The van der Waals surface area contributed by atoms with Crippen molar-refractivity contribution in [3.05, 3.63) is 0 Å². The van der Waals surface area contributed by atoms with E-state index in [0.717, 1.165) is 24.2 Å². The standard InChI is InChI=1S/C11H16F2N2O2/c12-8(13)7-15-9(16)6-14-10(17)11(15)4-2-1-3-5-11/h8H,1-7H2,(H,14,17). The van der Waals surface area contributed by atoms with Crippen molar-refractivity contribution in [1.29, 1.82) is 0 Å². The van der Waals surface area contributed by atoms with Gasteiger partial charge in [-0.15, -0.1) is 0 Å². The van der Waals surface area contributed by atoms with E-state index < -0.39 is 24.4 Å². The maximum atomic E-state index is 12.5. The van der Waals surface area contributed by atoms with Gasteiger partial charge < -0.3 is 10.2 Å². The van der Waals surface area contributed by atoms with Crippen LogP contribution in [0.5, 0.6) is 0 Å². The highest BCUT2D eigenvalue weighted by atomic mass is 19.3. The molecule has 0 atom stereocenters. The average Bonchev–Trinajstić information content (AvgIpc) is 2.31. The number of carbonyl (C=O) groups is 2. The van der Waals surface area contributed by atoms with Gasteiger partial charge in [0.1, 0.15) is 5.54 Å². The van der Waals surface area contributed by atoms with E-state index in [1.165, 1.54) is 0 Å². The fourth-order valence-electron chi connectivity index (χ4n) is 2.83. The second-order valence-electron chi connectivity index (χ2n) is 4.67. The van der Waals surface area contributed by atoms with E-state index in [0.29, 0.717) is 12.8 Å². The summed E-state index contributed by atoms with van der Waals surface area (Å²) in [6.45, 7) is -0.792. The number of hydrogen-bond donors (Lipinski definition) is 1. The van der Waals surface area contributed by atoms with Crippen LogP contribution in [0.4, 0.5) is 8.78 Å². The summed E-state index contributed by atoms with van der Waals surface area (Å²) in [6.07, 6.45) is 1.00. The van der Waals surface area contributed by atoms with Crippen molar-refractivity contribution < 1.29 is 18.4 Å². The fraction of sp³-hybridized carbons (Fsp3) is 0.818. The summed E-state index contributed by atoms with van der Waals surface area (Å²) in [5.74, 6) is -0.663. The van der Waals surface area contributed by atoms with Crippen molar-refractivity contribution in [1.82, 2.24) is 10.2 Å². The van der Waals surface area contributed by atoms with Crippen LogP contribution in [0.15, 0.2) is 0 Å². The molecule has 2 rings (SSSR count). The molecule has 0 aromatic rings. The fourth-order valence-corrected chi connectivity index (χ4v) is 2.83. The summed E-state index contributed by atoms with van der Waals surface area (Å²) in [4.78, 5) is 24.8. The van der Waals surface area contributed by atoms with Crippen molar-refractivity contribution in [3.8, 4) is 0 Å². The molecule has 6 heteroatoms. The monoisotopic (exact) mass is 246 g/mol. The minimum absolute atomic E-state index is 0.159. The molecule has 2 aliphatic rings. The zero-order valence-electron chi connectivity index (χ0n) is 9.55. The van der Waals surface area contributed by atoms with Crippen molar-refractivity contribution in [2.24, 2.45) is 0 Å². The number of piperazine rings is 1. The van der Waals surface area contributed by atoms with Crippen LogP contribution in [0, 0.1) is 0 Å². The molecule has 1 N–H and O–H groups in total. The average molecular weight is 246 g/mol. The molecule has 96 valence electrons. The van der Waals surface area contributed by atoms with Gasteiger partial charge in [-0.25, -0.2) is 8.78 Å². The van der Waals surface area contributed by atoms with E-state index in [2.05, 4.69) is 5.32 Å². The lowest BCUT2D eigenvalue weighted by Crippen LogP contribution is -2.68. The molecule has 17 heavy (non-hydrogen) atoms. The van der Waals surface area contributed by atoms with E-state index in [9.17, 15) is 18.4 Å². The number of carbonyl (C=O) groups excluding carboxylic acids is 2. The van der Waals surface area contributed by atoms with Crippen LogP contribution in [0.25, 0.3) is 0 Å². The molecule has 0 aromatic carbocycles. The van der Waals surface area contributed by atoms with Gasteiger partial charge in [0, 0.05) is 0 Å². The maximum absolute atomic E-state index is 12.5. The Bertz CT molecular complexity index is 327. The molecule has 2 amide bonds. The molecule has 0 unspecified atom stereocenters. The van der Waals surface area contributed by atoms with E-state index in [1.54, 1.807) is 0 Å². The van der Waals surface area contributed by atoms with Crippen LogP contribution in [0.3, 0.4) is 0 Å². The first-order chi connectivity index (χ1) is 8.06. The highest BCUT2D eigenvalue weighted by Gasteiger charge is 2.50. The lowest BCUT2D eigenvalue weighted by atomic mass is 9.78. The minimum atomic E-state index is -2.59. The SMILES string of the molecule is O=C1CNC(=O)C2(CCCCC2)N1CC(F)F. The molecule has 2 fully saturated rings. The number of amides is 2. The first kappa shape index (κ1) is 12.3. The summed E-state index contributed by atoms with van der Waals surface area (Å²) < 4.78 is 25.1. The van der Waals surface area contributed by atoms with Gasteiger partial charge in [-0.05, 0) is 12.8 Å². The maximum Gasteiger partial charge on any atom is 0.255 e. The molecule has 1 aliphatic carbocycles. The lowest BCUT2D eigenvalue weighted by Gasteiger charge is -2.47. The van der Waals surface area contributed by atoms with Gasteiger partial charge in [0.2, 0.25) is 11.8 Å². The molecule has 1 aliphatic heterocycles. The lowest BCUT2D eigenvalue weighted by molar-refractivity contribution is -0.158. The predicted octanol–water partition coefficient (Wildman–Crippen LogP) is 0.913. The normalized spacial score (nSPS) is 24.3. The summed E-state index contributed by atoms with van der Waals surface area (Å²) in [7, 11) is 0. The second kappa shape index (κ2) is 4.58. The first-order valence-corrected chi connectivity index (χ1v) is 5.93. The number of nitrogens with zero attached hydrogens (tertiary/aromatic N) is 1. The summed E-state index contributed by atoms with van der Waals surface area (Å²) in [5, 5.41) is 2.52. The van der Waals surface area contributed by atoms with Gasteiger partial charge in [-0.2, -0.15) is 0 Å². The highest BCUT2D eigenvalue weighted by molar-refractivity contribution is 5.98.